The van der Waals surface area contributed by atoms with Gasteiger partial charge < -0.3 is 9.47 Å². The van der Waals surface area contributed by atoms with Crippen LogP contribution in [0.25, 0.3) is 0 Å². The van der Waals surface area contributed by atoms with Gasteiger partial charge in [0.2, 0.25) is 0 Å². The minimum Gasteiger partial charge on any atom is -0.337 e. The van der Waals surface area contributed by atoms with E-state index in [2.05, 4.69) is 9.55 Å². The monoisotopic (exact) mass is 289 g/mol. The average molecular weight is 289 g/mol. The first-order valence-corrected chi connectivity index (χ1v) is 7.72. The lowest BCUT2D eigenvalue weighted by Gasteiger charge is -2.15. The van der Waals surface area contributed by atoms with Gasteiger partial charge in [-0.05, 0) is 32.4 Å². The maximum absolute atomic E-state index is 12.4. The summed E-state index contributed by atoms with van der Waals surface area (Å²) in [5.74, 6) is 1.62. The summed E-state index contributed by atoms with van der Waals surface area (Å²) in [6.07, 6.45) is 3.04. The molecule has 1 amide bonds. The number of nitrogens with zero attached hydrogens (tertiary/aromatic N) is 3. The van der Waals surface area contributed by atoms with Crippen molar-refractivity contribution in [3.63, 3.8) is 0 Å². The number of aryl methyl sites for hydroxylation is 3. The minimum absolute atomic E-state index is 0.163. The lowest BCUT2D eigenvalue weighted by atomic mass is 10.1. The maximum Gasteiger partial charge on any atom is 0.263 e. The molecule has 0 saturated carbocycles. The number of rotatable bonds is 2. The number of aromatic nitrogens is 2. The molecule has 0 aromatic carbocycles. The second-order valence-electron chi connectivity index (χ2n) is 5.50. The van der Waals surface area contributed by atoms with Crippen molar-refractivity contribution in [2.45, 2.75) is 26.2 Å². The third-order valence-electron chi connectivity index (χ3n) is 3.82. The first-order chi connectivity index (χ1) is 9.54. The molecule has 3 heterocycles. The van der Waals surface area contributed by atoms with Gasteiger partial charge in [0.1, 0.15) is 5.82 Å². The van der Waals surface area contributed by atoms with Gasteiger partial charge in [-0.25, -0.2) is 4.98 Å². The Morgan fingerprint density at radius 2 is 2.20 bits per heavy atom. The number of thiophene rings is 1. The standard InChI is InChI=1S/C15H19N3OS/c1-10-8-17(3)14(16-10)12-6-7-18(9-12)15(19)13-5-4-11(2)20-13/h4-5,8,12H,6-7,9H2,1-3H3/t12-/m0/s1. The van der Waals surface area contributed by atoms with Gasteiger partial charge in [0.25, 0.3) is 5.91 Å². The third kappa shape index (κ3) is 2.38. The Labute approximate surface area is 123 Å². The molecule has 2 aromatic rings. The SMILES string of the molecule is Cc1cn(C)c([C@H]2CCN(C(=O)c3ccc(C)s3)C2)n1. The predicted octanol–water partition coefficient (Wildman–Crippen LogP) is 2.73. The van der Waals surface area contributed by atoms with Gasteiger partial charge in [0.05, 0.1) is 10.6 Å². The van der Waals surface area contributed by atoms with Crippen molar-refractivity contribution in [2.24, 2.45) is 7.05 Å². The second-order valence-corrected chi connectivity index (χ2v) is 6.79. The minimum atomic E-state index is 0.163. The zero-order chi connectivity index (χ0) is 14.3. The van der Waals surface area contributed by atoms with E-state index in [1.54, 1.807) is 11.3 Å². The fourth-order valence-corrected chi connectivity index (χ4v) is 3.71. The molecule has 1 aliphatic rings. The summed E-state index contributed by atoms with van der Waals surface area (Å²) in [6.45, 7) is 5.65. The topological polar surface area (TPSA) is 38.1 Å². The lowest BCUT2D eigenvalue weighted by Crippen LogP contribution is -2.28. The molecule has 0 spiro atoms. The van der Waals surface area contributed by atoms with Crippen LogP contribution in [-0.2, 0) is 7.05 Å². The molecule has 1 aliphatic heterocycles. The third-order valence-corrected chi connectivity index (χ3v) is 4.81. The van der Waals surface area contributed by atoms with Crippen LogP contribution in [0.1, 0.15) is 38.4 Å². The van der Waals surface area contributed by atoms with Crippen molar-refractivity contribution < 1.29 is 4.79 Å². The van der Waals surface area contributed by atoms with Gasteiger partial charge in [0, 0.05) is 37.1 Å². The van der Waals surface area contributed by atoms with E-state index < -0.39 is 0 Å². The highest BCUT2D eigenvalue weighted by Crippen LogP contribution is 2.28. The Morgan fingerprint density at radius 3 is 2.80 bits per heavy atom. The number of carbonyl (C=O) groups is 1. The highest BCUT2D eigenvalue weighted by atomic mass is 32.1. The summed E-state index contributed by atoms with van der Waals surface area (Å²) in [5.41, 5.74) is 1.04. The van der Waals surface area contributed by atoms with Crippen LogP contribution in [-0.4, -0.2) is 33.4 Å². The van der Waals surface area contributed by atoms with Crippen molar-refractivity contribution in [3.8, 4) is 0 Å². The number of hydrogen-bond donors (Lipinski definition) is 0. The van der Waals surface area contributed by atoms with E-state index in [0.717, 1.165) is 35.9 Å². The Hall–Kier alpha value is -1.62. The van der Waals surface area contributed by atoms with Crippen LogP contribution >= 0.6 is 11.3 Å². The van der Waals surface area contributed by atoms with Crippen molar-refractivity contribution in [1.82, 2.24) is 14.5 Å². The van der Waals surface area contributed by atoms with E-state index in [1.165, 1.54) is 4.88 Å². The molecule has 4 nitrogen and oxygen atoms in total. The fraction of sp³-hybridized carbons (Fsp3) is 0.467. The Balaban J connectivity index is 1.73. The van der Waals surface area contributed by atoms with Crippen LogP contribution in [0, 0.1) is 13.8 Å². The Bertz CT molecular complexity index is 643. The predicted molar refractivity (Wildman–Crippen MR) is 80.3 cm³/mol. The summed E-state index contributed by atoms with van der Waals surface area (Å²) >= 11 is 1.57. The maximum atomic E-state index is 12.4. The van der Waals surface area contributed by atoms with E-state index >= 15 is 0 Å². The van der Waals surface area contributed by atoms with Crippen molar-refractivity contribution in [2.75, 3.05) is 13.1 Å². The number of amides is 1. The van der Waals surface area contributed by atoms with E-state index in [4.69, 9.17) is 0 Å². The van der Waals surface area contributed by atoms with Crippen LogP contribution in [0.4, 0.5) is 0 Å². The Kier molecular flexibility index (Phi) is 3.38. The van der Waals surface area contributed by atoms with E-state index in [1.807, 2.05) is 44.1 Å². The summed E-state index contributed by atoms with van der Waals surface area (Å²) in [4.78, 5) is 21.0. The summed E-state index contributed by atoms with van der Waals surface area (Å²) in [6, 6.07) is 3.94. The van der Waals surface area contributed by atoms with Crippen molar-refractivity contribution >= 4 is 17.2 Å². The number of hydrogen-bond acceptors (Lipinski definition) is 3. The van der Waals surface area contributed by atoms with Crippen LogP contribution in [0.3, 0.4) is 0 Å². The normalized spacial score (nSPS) is 18.8. The van der Waals surface area contributed by atoms with Crippen molar-refractivity contribution in [3.05, 3.63) is 39.6 Å². The summed E-state index contributed by atoms with van der Waals surface area (Å²) in [7, 11) is 2.03. The molecule has 3 rings (SSSR count). The van der Waals surface area contributed by atoms with Gasteiger partial charge in [-0.15, -0.1) is 11.3 Å². The smallest absolute Gasteiger partial charge is 0.263 e. The molecule has 106 valence electrons. The molecule has 20 heavy (non-hydrogen) atoms. The van der Waals surface area contributed by atoms with Gasteiger partial charge in [-0.2, -0.15) is 0 Å². The molecule has 1 fully saturated rings. The van der Waals surface area contributed by atoms with Gasteiger partial charge in [0.15, 0.2) is 0 Å². The largest absolute Gasteiger partial charge is 0.337 e. The summed E-state index contributed by atoms with van der Waals surface area (Å²) in [5, 5.41) is 0. The zero-order valence-electron chi connectivity index (χ0n) is 12.1. The molecule has 0 bridgehead atoms. The molecular weight excluding hydrogens is 270 g/mol. The van der Waals surface area contributed by atoms with Crippen LogP contribution in [0.2, 0.25) is 0 Å². The first kappa shape index (κ1) is 13.4. The zero-order valence-corrected chi connectivity index (χ0v) is 12.9. The van der Waals surface area contributed by atoms with Crippen molar-refractivity contribution in [1.29, 1.82) is 0 Å². The average Bonchev–Trinajstić information content (AvgIpc) is 3.08. The highest BCUT2D eigenvalue weighted by Gasteiger charge is 2.30. The molecule has 5 heteroatoms. The molecule has 2 aromatic heterocycles. The quantitative estimate of drug-likeness (QED) is 0.852. The van der Waals surface area contributed by atoms with Gasteiger partial charge in [-0.1, -0.05) is 0 Å². The van der Waals surface area contributed by atoms with Gasteiger partial charge in [-0.3, -0.25) is 4.79 Å². The Morgan fingerprint density at radius 1 is 1.40 bits per heavy atom. The highest BCUT2D eigenvalue weighted by molar-refractivity contribution is 7.13. The van der Waals surface area contributed by atoms with Gasteiger partial charge >= 0.3 is 0 Å². The lowest BCUT2D eigenvalue weighted by molar-refractivity contribution is 0.0795. The van der Waals surface area contributed by atoms with Crippen LogP contribution < -0.4 is 0 Å². The molecule has 1 saturated heterocycles. The number of likely N-dealkylation sites (tertiary alicyclic amines) is 1. The van der Waals surface area contributed by atoms with E-state index in [9.17, 15) is 4.79 Å². The molecular formula is C15H19N3OS. The molecule has 0 N–H and O–H groups in total. The van der Waals surface area contributed by atoms with Crippen LogP contribution in [0.5, 0.6) is 0 Å². The summed E-state index contributed by atoms with van der Waals surface area (Å²) < 4.78 is 2.09. The van der Waals surface area contributed by atoms with E-state index in [-0.39, 0.29) is 5.91 Å². The molecule has 0 radical (unpaired) electrons. The molecule has 0 aliphatic carbocycles. The molecule has 1 atom stereocenters. The van der Waals surface area contributed by atoms with E-state index in [0.29, 0.717) is 5.92 Å². The first-order valence-electron chi connectivity index (χ1n) is 6.90. The fourth-order valence-electron chi connectivity index (χ4n) is 2.87. The second kappa shape index (κ2) is 5.05. The number of imidazole rings is 1. The molecule has 0 unspecified atom stereocenters. The number of carbonyl (C=O) groups excluding carboxylic acids is 1. The van der Waals surface area contributed by atoms with Crippen LogP contribution in [0.15, 0.2) is 18.3 Å².